The van der Waals surface area contributed by atoms with Crippen LogP contribution in [0.2, 0.25) is 0 Å². The lowest BCUT2D eigenvalue weighted by atomic mass is 10.6. The predicted octanol–water partition coefficient (Wildman–Crippen LogP) is 0.0989. The number of carbonyl (C=O) groups is 1. The Morgan fingerprint density at radius 3 is 2.67 bits per heavy atom. The summed E-state index contributed by atoms with van der Waals surface area (Å²) in [7, 11) is 0. The summed E-state index contributed by atoms with van der Waals surface area (Å²) in [5, 5.41) is 6.08. The Balaban J connectivity index is 2.86. The van der Waals surface area contributed by atoms with Gasteiger partial charge in [-0.2, -0.15) is 0 Å². The fourth-order valence-electron chi connectivity index (χ4n) is 0.168. The summed E-state index contributed by atoms with van der Waals surface area (Å²) in [6.07, 6.45) is 4.23. The minimum absolute atomic E-state index is 0.449. The molecule has 0 unspecified atom stereocenters. The van der Waals surface area contributed by atoms with Crippen molar-refractivity contribution < 1.29 is 4.79 Å². The van der Waals surface area contributed by atoms with E-state index in [1.165, 1.54) is 0 Å². The minimum Gasteiger partial charge on any atom is -0.265 e. The highest BCUT2D eigenvalue weighted by Gasteiger charge is 1.94. The zero-order chi connectivity index (χ0) is 4.41. The van der Waals surface area contributed by atoms with E-state index in [1.54, 1.807) is 0 Å². The molecule has 1 rings (SSSR count). The Morgan fingerprint density at radius 2 is 2.50 bits per heavy atom. The third-order valence-electron chi connectivity index (χ3n) is 0.354. The van der Waals surface area contributed by atoms with Gasteiger partial charge in [-0.05, 0) is 0 Å². The number of carbonyl (C=O) groups excluding carboxylic acids is 1. The Kier molecular flexibility index (Phi) is 0.538. The lowest BCUT2D eigenvalue weighted by molar-refractivity contribution is -0.114. The van der Waals surface area contributed by atoms with Gasteiger partial charge < -0.3 is 0 Å². The molecule has 0 aromatic heterocycles. The quantitative estimate of drug-likeness (QED) is 0.406. The monoisotopic (exact) mass is 80.0 g/mol. The van der Waals surface area contributed by atoms with E-state index in [9.17, 15) is 4.79 Å². The molecular formula is C3N2O. The first-order chi connectivity index (χ1) is 2.89. The van der Waals surface area contributed by atoms with Crippen molar-refractivity contribution >= 4 is 5.91 Å². The minimum atomic E-state index is -0.449. The van der Waals surface area contributed by atoms with Crippen LogP contribution in [0.3, 0.4) is 0 Å². The number of azo groups is 1. The maximum atomic E-state index is 9.81. The molecule has 3 nitrogen and oxygen atoms in total. The molecule has 0 aromatic rings. The van der Waals surface area contributed by atoms with Gasteiger partial charge in [0.15, 0.2) is 0 Å². The van der Waals surface area contributed by atoms with Gasteiger partial charge in [-0.25, -0.2) is 0 Å². The third-order valence-corrected chi connectivity index (χ3v) is 0.354. The zero-order valence-electron chi connectivity index (χ0n) is 2.80. The summed E-state index contributed by atoms with van der Waals surface area (Å²) >= 11 is 0. The van der Waals surface area contributed by atoms with Crippen LogP contribution >= 0.6 is 0 Å². The van der Waals surface area contributed by atoms with E-state index in [-0.39, 0.29) is 0 Å². The summed E-state index contributed by atoms with van der Waals surface area (Å²) < 4.78 is 0. The molecule has 0 bridgehead atoms. The topological polar surface area (TPSA) is 41.8 Å². The number of hydrogen-bond donors (Lipinski definition) is 0. The SMILES string of the molecule is O=C1[C]=[C]N=N1. The van der Waals surface area contributed by atoms with Gasteiger partial charge in [0.1, 0.15) is 6.20 Å². The molecule has 0 saturated heterocycles. The average molecular weight is 80.0 g/mol. The van der Waals surface area contributed by atoms with Crippen molar-refractivity contribution in [2.75, 3.05) is 0 Å². The van der Waals surface area contributed by atoms with Crippen LogP contribution in [-0.2, 0) is 4.79 Å². The first-order valence-corrected chi connectivity index (χ1v) is 1.35. The second kappa shape index (κ2) is 1.01. The van der Waals surface area contributed by atoms with Gasteiger partial charge >= 0.3 is 0 Å². The largest absolute Gasteiger partial charge is 0.298 e. The first-order valence-electron chi connectivity index (χ1n) is 1.35. The standard InChI is InChI=1S/C3N2O/c6-3-1-2-4-5-3. The van der Waals surface area contributed by atoms with E-state index in [1.807, 2.05) is 0 Å². The molecule has 1 aliphatic rings. The molecule has 0 fully saturated rings. The highest BCUT2D eigenvalue weighted by atomic mass is 16.1. The van der Waals surface area contributed by atoms with E-state index in [4.69, 9.17) is 0 Å². The normalized spacial score (nSPS) is 17.0. The van der Waals surface area contributed by atoms with Gasteiger partial charge in [-0.15, -0.1) is 10.2 Å². The van der Waals surface area contributed by atoms with Crippen molar-refractivity contribution in [3.63, 3.8) is 0 Å². The Morgan fingerprint density at radius 1 is 1.67 bits per heavy atom. The summed E-state index contributed by atoms with van der Waals surface area (Å²) in [6.45, 7) is 0. The zero-order valence-corrected chi connectivity index (χ0v) is 2.80. The molecule has 0 saturated carbocycles. The molecule has 2 radical (unpaired) electrons. The van der Waals surface area contributed by atoms with Crippen molar-refractivity contribution in [1.82, 2.24) is 0 Å². The molecule has 0 aromatic carbocycles. The fourth-order valence-corrected chi connectivity index (χ4v) is 0.168. The van der Waals surface area contributed by atoms with Crippen molar-refractivity contribution in [2.45, 2.75) is 0 Å². The average Bonchev–Trinajstić information content (AvgIpc) is 1.86. The predicted molar refractivity (Wildman–Crippen MR) is 16.3 cm³/mol. The Bertz CT molecular complexity index is 111. The molecule has 0 N–H and O–H groups in total. The van der Waals surface area contributed by atoms with Gasteiger partial charge in [-0.1, -0.05) is 0 Å². The summed E-state index contributed by atoms with van der Waals surface area (Å²) in [5.41, 5.74) is 0. The van der Waals surface area contributed by atoms with Crippen molar-refractivity contribution in [2.24, 2.45) is 10.2 Å². The van der Waals surface area contributed by atoms with Crippen LogP contribution in [0.5, 0.6) is 0 Å². The maximum absolute atomic E-state index is 9.81. The van der Waals surface area contributed by atoms with Gasteiger partial charge in [-0.3, -0.25) is 4.79 Å². The molecular weight excluding hydrogens is 80.0 g/mol. The van der Waals surface area contributed by atoms with Crippen LogP contribution in [-0.4, -0.2) is 5.91 Å². The molecule has 0 spiro atoms. The Hall–Kier alpha value is -0.990. The summed E-state index contributed by atoms with van der Waals surface area (Å²) in [5.74, 6) is -0.449. The number of hydrogen-bond acceptors (Lipinski definition) is 2. The van der Waals surface area contributed by atoms with E-state index >= 15 is 0 Å². The van der Waals surface area contributed by atoms with Gasteiger partial charge in [0.25, 0.3) is 5.91 Å². The summed E-state index contributed by atoms with van der Waals surface area (Å²) in [4.78, 5) is 9.81. The van der Waals surface area contributed by atoms with Crippen LogP contribution in [0.1, 0.15) is 0 Å². The van der Waals surface area contributed by atoms with Crippen LogP contribution in [0.25, 0.3) is 0 Å². The van der Waals surface area contributed by atoms with E-state index in [2.05, 4.69) is 22.5 Å². The third kappa shape index (κ3) is 0.337. The van der Waals surface area contributed by atoms with Gasteiger partial charge in [0, 0.05) is 0 Å². The number of amides is 1. The van der Waals surface area contributed by atoms with Crippen molar-refractivity contribution in [3.05, 3.63) is 12.3 Å². The van der Waals surface area contributed by atoms with Crippen LogP contribution in [0.4, 0.5) is 0 Å². The molecule has 0 atom stereocenters. The smallest absolute Gasteiger partial charge is 0.265 e. The second-order valence-electron chi connectivity index (χ2n) is 0.742. The molecule has 3 heteroatoms. The van der Waals surface area contributed by atoms with Crippen molar-refractivity contribution in [1.29, 1.82) is 0 Å². The molecule has 1 heterocycles. The van der Waals surface area contributed by atoms with E-state index in [0.717, 1.165) is 0 Å². The summed E-state index contributed by atoms with van der Waals surface area (Å²) in [6, 6.07) is 0. The van der Waals surface area contributed by atoms with Crippen LogP contribution in [0, 0.1) is 12.3 Å². The fraction of sp³-hybridized carbons (Fsp3) is 0. The maximum Gasteiger partial charge on any atom is 0.298 e. The molecule has 1 amide bonds. The van der Waals surface area contributed by atoms with Gasteiger partial charge in [0.2, 0.25) is 0 Å². The van der Waals surface area contributed by atoms with Crippen molar-refractivity contribution in [3.8, 4) is 0 Å². The molecule has 6 heavy (non-hydrogen) atoms. The lowest BCUT2D eigenvalue weighted by Gasteiger charge is -1.58. The number of rotatable bonds is 0. The molecule has 1 aliphatic heterocycles. The van der Waals surface area contributed by atoms with Crippen LogP contribution in [0.15, 0.2) is 10.2 Å². The van der Waals surface area contributed by atoms with E-state index in [0.29, 0.717) is 0 Å². The van der Waals surface area contributed by atoms with E-state index < -0.39 is 5.91 Å². The Labute approximate surface area is 34.4 Å². The van der Waals surface area contributed by atoms with Crippen LogP contribution < -0.4 is 0 Å². The lowest BCUT2D eigenvalue weighted by Crippen LogP contribution is -1.76. The highest BCUT2D eigenvalue weighted by molar-refractivity contribution is 5.84. The first kappa shape index (κ1) is 3.21. The molecule has 28 valence electrons. The number of nitrogens with zero attached hydrogens (tertiary/aromatic N) is 2. The second-order valence-corrected chi connectivity index (χ2v) is 0.742. The highest BCUT2D eigenvalue weighted by Crippen LogP contribution is 1.87. The van der Waals surface area contributed by atoms with Gasteiger partial charge in [0.05, 0.1) is 6.08 Å². The molecule has 0 aliphatic carbocycles.